The average molecular weight is 406 g/mol. The zero-order valence-electron chi connectivity index (χ0n) is 18.3. The highest BCUT2D eigenvalue weighted by Crippen LogP contribution is 2.38. The van der Waals surface area contributed by atoms with E-state index >= 15 is 0 Å². The van der Waals surface area contributed by atoms with E-state index in [1.165, 1.54) is 11.7 Å². The summed E-state index contributed by atoms with van der Waals surface area (Å²) in [7, 11) is -0.772. The van der Waals surface area contributed by atoms with Crippen molar-refractivity contribution in [1.82, 2.24) is 4.57 Å². The molecule has 1 heterocycles. The van der Waals surface area contributed by atoms with Gasteiger partial charge in [0.05, 0.1) is 12.6 Å². The molecule has 0 N–H and O–H groups in total. The number of nitrogens with zero attached hydrogens (tertiary/aromatic N) is 1. The highest BCUT2D eigenvalue weighted by Gasteiger charge is 2.39. The number of hydrogen-bond donors (Lipinski definition) is 0. The van der Waals surface area contributed by atoms with Crippen molar-refractivity contribution in [2.45, 2.75) is 65.3 Å². The lowest BCUT2D eigenvalue weighted by Crippen LogP contribution is -2.43. The Balaban J connectivity index is 2.60. The van der Waals surface area contributed by atoms with Crippen LogP contribution in [0.4, 0.5) is 4.79 Å². The molecular formula is C21H31NO5Si. The van der Waals surface area contributed by atoms with Crippen LogP contribution in [0.2, 0.25) is 18.1 Å². The molecule has 2 rings (SSSR count). The van der Waals surface area contributed by atoms with Gasteiger partial charge in [0.25, 0.3) is 0 Å². The summed E-state index contributed by atoms with van der Waals surface area (Å²) < 4.78 is 18.0. The first-order valence-electron chi connectivity index (χ1n) is 9.32. The standard InChI is InChI=1S/C21H31NO5Si/c1-20(2,3)26-19(24)22-16-13-15(27-28(8,9)21(4,5)6)11-10-14(16)12-17(22)18(23)25-7/h10-13H,1-9H3. The zero-order chi connectivity index (χ0) is 21.5. The second-order valence-corrected chi connectivity index (χ2v) is 14.1. The number of aromatic nitrogens is 1. The van der Waals surface area contributed by atoms with Crippen molar-refractivity contribution >= 4 is 31.3 Å². The van der Waals surface area contributed by atoms with Gasteiger partial charge in [-0.15, -0.1) is 0 Å². The summed E-state index contributed by atoms with van der Waals surface area (Å²) in [6, 6.07) is 7.11. The lowest BCUT2D eigenvalue weighted by atomic mass is 10.2. The van der Waals surface area contributed by atoms with Gasteiger partial charge >= 0.3 is 12.1 Å². The molecule has 28 heavy (non-hydrogen) atoms. The van der Waals surface area contributed by atoms with Crippen molar-refractivity contribution in [2.24, 2.45) is 0 Å². The molecule has 0 bridgehead atoms. The molecule has 154 valence electrons. The van der Waals surface area contributed by atoms with Crippen LogP contribution in [0.25, 0.3) is 10.9 Å². The Morgan fingerprint density at radius 3 is 2.11 bits per heavy atom. The predicted molar refractivity (Wildman–Crippen MR) is 113 cm³/mol. The topological polar surface area (TPSA) is 66.8 Å². The van der Waals surface area contributed by atoms with E-state index in [0.29, 0.717) is 11.3 Å². The van der Waals surface area contributed by atoms with Crippen LogP contribution in [-0.4, -0.2) is 37.7 Å². The molecule has 6 nitrogen and oxygen atoms in total. The predicted octanol–water partition coefficient (Wildman–Crippen LogP) is 5.60. The molecule has 1 aromatic carbocycles. The van der Waals surface area contributed by atoms with E-state index in [-0.39, 0.29) is 10.7 Å². The third kappa shape index (κ3) is 4.58. The first-order chi connectivity index (χ1) is 12.7. The van der Waals surface area contributed by atoms with Crippen LogP contribution < -0.4 is 4.43 Å². The summed E-state index contributed by atoms with van der Waals surface area (Å²) in [5, 5.41) is 0.764. The third-order valence-electron chi connectivity index (χ3n) is 4.93. The van der Waals surface area contributed by atoms with Crippen molar-refractivity contribution in [3.8, 4) is 5.75 Å². The van der Waals surface area contributed by atoms with Gasteiger partial charge in [-0.1, -0.05) is 20.8 Å². The van der Waals surface area contributed by atoms with Gasteiger partial charge < -0.3 is 13.9 Å². The molecule has 0 fully saturated rings. The molecule has 0 saturated carbocycles. The fourth-order valence-electron chi connectivity index (χ4n) is 2.45. The number of carbonyl (C=O) groups excluding carboxylic acids is 2. The summed E-state index contributed by atoms with van der Waals surface area (Å²) in [6.07, 6.45) is -0.632. The van der Waals surface area contributed by atoms with E-state index in [1.54, 1.807) is 32.9 Å². The number of esters is 1. The summed E-state index contributed by atoms with van der Waals surface area (Å²) in [5.41, 5.74) is -0.0295. The molecule has 2 aromatic rings. The van der Waals surface area contributed by atoms with Gasteiger partial charge in [0.1, 0.15) is 17.0 Å². The van der Waals surface area contributed by atoms with E-state index in [0.717, 1.165) is 5.39 Å². The molecule has 0 atom stereocenters. The number of ether oxygens (including phenoxy) is 2. The zero-order valence-corrected chi connectivity index (χ0v) is 19.3. The summed E-state index contributed by atoms with van der Waals surface area (Å²) >= 11 is 0. The molecule has 0 aliphatic heterocycles. The van der Waals surface area contributed by atoms with Gasteiger partial charge in [-0.3, -0.25) is 0 Å². The quantitative estimate of drug-likeness (QED) is 0.491. The maximum Gasteiger partial charge on any atom is 0.419 e. The van der Waals surface area contributed by atoms with Crippen LogP contribution in [0.5, 0.6) is 5.75 Å². The second kappa shape index (κ2) is 7.27. The van der Waals surface area contributed by atoms with Gasteiger partial charge in [-0.2, -0.15) is 0 Å². The van der Waals surface area contributed by atoms with E-state index in [9.17, 15) is 9.59 Å². The number of methoxy groups -OCH3 is 1. The Bertz CT molecular complexity index is 900. The van der Waals surface area contributed by atoms with Gasteiger partial charge in [-0.25, -0.2) is 14.2 Å². The third-order valence-corrected chi connectivity index (χ3v) is 9.28. The molecule has 0 aliphatic carbocycles. The monoisotopic (exact) mass is 405 g/mol. The number of benzene rings is 1. The van der Waals surface area contributed by atoms with Crippen LogP contribution in [0.3, 0.4) is 0 Å². The Kier molecular flexibility index (Phi) is 5.72. The average Bonchev–Trinajstić information content (AvgIpc) is 2.89. The van der Waals surface area contributed by atoms with Gasteiger partial charge in [0, 0.05) is 11.5 Å². The molecule has 7 heteroatoms. The fourth-order valence-corrected chi connectivity index (χ4v) is 3.47. The molecule has 0 unspecified atom stereocenters. The second-order valence-electron chi connectivity index (χ2n) is 9.42. The van der Waals surface area contributed by atoms with Crippen LogP contribution in [-0.2, 0) is 9.47 Å². The van der Waals surface area contributed by atoms with Gasteiger partial charge in [0.15, 0.2) is 0 Å². The van der Waals surface area contributed by atoms with Crippen molar-refractivity contribution in [1.29, 1.82) is 0 Å². The van der Waals surface area contributed by atoms with Crippen LogP contribution in [0.1, 0.15) is 52.0 Å². The van der Waals surface area contributed by atoms with Gasteiger partial charge in [0.2, 0.25) is 8.32 Å². The van der Waals surface area contributed by atoms with Crippen LogP contribution in [0.15, 0.2) is 24.3 Å². The lowest BCUT2D eigenvalue weighted by Gasteiger charge is -2.36. The summed E-state index contributed by atoms with van der Waals surface area (Å²) in [6.45, 7) is 16.1. The molecule has 0 aliphatic rings. The Labute approximate surface area is 167 Å². The SMILES string of the molecule is COC(=O)c1cc2ccc(O[Si](C)(C)C(C)(C)C)cc2n1C(=O)OC(C)(C)C. The van der Waals surface area contributed by atoms with Crippen molar-refractivity contribution < 1.29 is 23.5 Å². The molecule has 0 spiro atoms. The van der Waals surface area contributed by atoms with Crippen molar-refractivity contribution in [2.75, 3.05) is 7.11 Å². The van der Waals surface area contributed by atoms with E-state index < -0.39 is 26.0 Å². The van der Waals surface area contributed by atoms with E-state index in [2.05, 4.69) is 33.9 Å². The minimum absolute atomic E-state index is 0.0340. The molecule has 0 radical (unpaired) electrons. The first kappa shape index (κ1) is 22.0. The Morgan fingerprint density at radius 1 is 1.00 bits per heavy atom. The Morgan fingerprint density at radius 2 is 1.61 bits per heavy atom. The molecule has 0 saturated heterocycles. The largest absolute Gasteiger partial charge is 0.543 e. The highest BCUT2D eigenvalue weighted by molar-refractivity contribution is 6.74. The minimum Gasteiger partial charge on any atom is -0.543 e. The van der Waals surface area contributed by atoms with Gasteiger partial charge in [-0.05, 0) is 57.1 Å². The number of rotatable bonds is 3. The van der Waals surface area contributed by atoms with E-state index in [4.69, 9.17) is 13.9 Å². The summed E-state index contributed by atoms with van der Waals surface area (Å²) in [5.74, 6) is 0.0624. The van der Waals surface area contributed by atoms with Crippen molar-refractivity contribution in [3.05, 3.63) is 30.0 Å². The maximum atomic E-state index is 12.8. The smallest absolute Gasteiger partial charge is 0.419 e. The van der Waals surface area contributed by atoms with Crippen LogP contribution >= 0.6 is 0 Å². The minimum atomic E-state index is -2.05. The van der Waals surface area contributed by atoms with E-state index in [1.807, 2.05) is 12.1 Å². The Hall–Kier alpha value is -2.28. The number of fused-ring (bicyclic) bond motifs is 1. The highest BCUT2D eigenvalue weighted by atomic mass is 28.4. The molecule has 1 aromatic heterocycles. The maximum absolute atomic E-state index is 12.8. The fraction of sp³-hybridized carbons (Fsp3) is 0.524. The molecular weight excluding hydrogens is 374 g/mol. The first-order valence-corrected chi connectivity index (χ1v) is 12.2. The summed E-state index contributed by atoms with van der Waals surface area (Å²) in [4.78, 5) is 25.1. The van der Waals surface area contributed by atoms with Crippen molar-refractivity contribution in [3.63, 3.8) is 0 Å². The number of hydrogen-bond acceptors (Lipinski definition) is 5. The normalized spacial score (nSPS) is 12.8. The lowest BCUT2D eigenvalue weighted by molar-refractivity contribution is 0.0489. The van der Waals surface area contributed by atoms with Crippen LogP contribution in [0, 0.1) is 0 Å². The number of carbonyl (C=O) groups is 2. The molecule has 0 amide bonds.